The van der Waals surface area contributed by atoms with Gasteiger partial charge in [-0.1, -0.05) is 13.3 Å². The maximum absolute atomic E-state index is 12.4. The van der Waals surface area contributed by atoms with Crippen LogP contribution in [0.1, 0.15) is 45.4 Å². The zero-order valence-electron chi connectivity index (χ0n) is 12.0. The van der Waals surface area contributed by atoms with Crippen LogP contribution in [0.15, 0.2) is 0 Å². The molecular weight excluding hydrogens is 276 g/mol. The Morgan fingerprint density at radius 3 is 2.80 bits per heavy atom. The Morgan fingerprint density at radius 1 is 1.40 bits per heavy atom. The Labute approximate surface area is 124 Å². The Kier molecular flexibility index (Phi) is 5.72. The van der Waals surface area contributed by atoms with E-state index in [2.05, 4.69) is 5.32 Å². The number of hydrogen-bond donors (Lipinski definition) is 2. The first-order chi connectivity index (χ1) is 9.63. The third kappa shape index (κ3) is 3.67. The quantitative estimate of drug-likeness (QED) is 0.808. The number of carboxylic acids is 1. The van der Waals surface area contributed by atoms with Crippen molar-refractivity contribution in [2.24, 2.45) is 0 Å². The summed E-state index contributed by atoms with van der Waals surface area (Å²) in [5.41, 5.74) is 0. The summed E-state index contributed by atoms with van der Waals surface area (Å²) in [4.78, 5) is 25.3. The molecule has 0 radical (unpaired) electrons. The number of thioether (sulfide) groups is 1. The van der Waals surface area contributed by atoms with Crippen molar-refractivity contribution >= 4 is 23.6 Å². The maximum atomic E-state index is 12.4. The van der Waals surface area contributed by atoms with Crippen molar-refractivity contribution < 1.29 is 14.7 Å². The number of amides is 1. The zero-order chi connectivity index (χ0) is 14.5. The fraction of sp³-hybridized carbons (Fsp3) is 0.857. The minimum atomic E-state index is -0.877. The summed E-state index contributed by atoms with van der Waals surface area (Å²) in [6.07, 6.45) is 5.65. The van der Waals surface area contributed by atoms with Crippen LogP contribution in [0.5, 0.6) is 0 Å². The van der Waals surface area contributed by atoms with Crippen molar-refractivity contribution in [3.05, 3.63) is 0 Å². The summed E-state index contributed by atoms with van der Waals surface area (Å²) in [6, 6.07) is -0.219. The van der Waals surface area contributed by atoms with Crippen LogP contribution in [0.3, 0.4) is 0 Å². The van der Waals surface area contributed by atoms with E-state index in [9.17, 15) is 14.7 Å². The van der Waals surface area contributed by atoms with E-state index in [1.165, 1.54) is 12.8 Å². The number of piperidine rings is 1. The van der Waals surface area contributed by atoms with E-state index in [1.807, 2.05) is 6.92 Å². The fourth-order valence-electron chi connectivity index (χ4n) is 3.00. The first-order valence-corrected chi connectivity index (χ1v) is 8.57. The first kappa shape index (κ1) is 15.6. The molecule has 3 unspecified atom stereocenters. The van der Waals surface area contributed by atoms with E-state index in [0.717, 1.165) is 25.8 Å². The largest absolute Gasteiger partial charge is 0.480 e. The minimum Gasteiger partial charge on any atom is -0.480 e. The lowest BCUT2D eigenvalue weighted by Crippen LogP contribution is -2.46. The highest BCUT2D eigenvalue weighted by molar-refractivity contribution is 8.00. The van der Waals surface area contributed by atoms with Gasteiger partial charge in [-0.3, -0.25) is 4.79 Å². The third-order valence-corrected chi connectivity index (χ3v) is 5.59. The van der Waals surface area contributed by atoms with E-state index in [1.54, 1.807) is 16.7 Å². The molecule has 0 aliphatic carbocycles. The molecule has 2 heterocycles. The van der Waals surface area contributed by atoms with Crippen LogP contribution in [0.4, 0.5) is 0 Å². The topological polar surface area (TPSA) is 69.6 Å². The molecule has 6 heteroatoms. The van der Waals surface area contributed by atoms with Crippen molar-refractivity contribution in [2.45, 2.75) is 62.9 Å². The summed E-state index contributed by atoms with van der Waals surface area (Å²) in [5, 5.41) is 12.7. The van der Waals surface area contributed by atoms with E-state index in [-0.39, 0.29) is 11.3 Å². The van der Waals surface area contributed by atoms with Gasteiger partial charge in [-0.05, 0) is 32.2 Å². The fourth-order valence-corrected chi connectivity index (χ4v) is 4.37. The lowest BCUT2D eigenvalue weighted by Gasteiger charge is -2.28. The molecule has 2 aliphatic heterocycles. The third-order valence-electron chi connectivity index (χ3n) is 4.13. The summed E-state index contributed by atoms with van der Waals surface area (Å²) in [7, 11) is 0. The van der Waals surface area contributed by atoms with Crippen molar-refractivity contribution in [2.75, 3.05) is 12.3 Å². The highest BCUT2D eigenvalue weighted by atomic mass is 32.2. The van der Waals surface area contributed by atoms with Crippen LogP contribution >= 0.6 is 11.8 Å². The molecule has 0 aromatic rings. The Hall–Kier alpha value is -0.750. The smallest absolute Gasteiger partial charge is 0.327 e. The normalized spacial score (nSPS) is 30.4. The number of rotatable bonds is 5. The molecule has 3 atom stereocenters. The Morgan fingerprint density at radius 2 is 2.20 bits per heavy atom. The van der Waals surface area contributed by atoms with Crippen LogP contribution in [0, 0.1) is 0 Å². The monoisotopic (exact) mass is 300 g/mol. The van der Waals surface area contributed by atoms with E-state index in [0.29, 0.717) is 18.2 Å². The number of carbonyl (C=O) groups excluding carboxylic acids is 1. The van der Waals surface area contributed by atoms with Gasteiger partial charge in [0.1, 0.15) is 6.04 Å². The van der Waals surface area contributed by atoms with Gasteiger partial charge in [-0.2, -0.15) is 0 Å². The number of nitrogens with zero attached hydrogens (tertiary/aromatic N) is 1. The molecule has 2 fully saturated rings. The lowest BCUT2D eigenvalue weighted by atomic mass is 10.00. The summed E-state index contributed by atoms with van der Waals surface area (Å²) < 4.78 is 0. The van der Waals surface area contributed by atoms with Gasteiger partial charge < -0.3 is 15.3 Å². The molecule has 0 bridgehead atoms. The molecule has 0 saturated carbocycles. The second-order valence-corrected chi connectivity index (χ2v) is 6.75. The van der Waals surface area contributed by atoms with Gasteiger partial charge in [0, 0.05) is 18.2 Å². The molecule has 5 nitrogen and oxygen atoms in total. The summed E-state index contributed by atoms with van der Waals surface area (Å²) >= 11 is 1.59. The van der Waals surface area contributed by atoms with Crippen LogP contribution in [-0.2, 0) is 9.59 Å². The van der Waals surface area contributed by atoms with Crippen molar-refractivity contribution in [3.8, 4) is 0 Å². The molecule has 0 aromatic heterocycles. The van der Waals surface area contributed by atoms with Gasteiger partial charge in [0.2, 0.25) is 5.91 Å². The second kappa shape index (κ2) is 7.31. The SMILES string of the molecule is CCC1SCC(C(=O)O)N1C(=O)CCC1CCCCN1. The van der Waals surface area contributed by atoms with Crippen LogP contribution in [-0.4, -0.2) is 51.6 Å². The van der Waals surface area contributed by atoms with Gasteiger partial charge in [-0.15, -0.1) is 11.8 Å². The number of hydrogen-bond acceptors (Lipinski definition) is 4. The summed E-state index contributed by atoms with van der Waals surface area (Å²) in [5.74, 6) is -0.361. The summed E-state index contributed by atoms with van der Waals surface area (Å²) in [6.45, 7) is 3.04. The molecular formula is C14H24N2O3S. The van der Waals surface area contributed by atoms with Crippen LogP contribution in [0.2, 0.25) is 0 Å². The molecule has 0 aromatic carbocycles. The molecule has 2 rings (SSSR count). The number of aliphatic carboxylic acids is 1. The van der Waals surface area contributed by atoms with Gasteiger partial charge in [0.15, 0.2) is 0 Å². The standard InChI is InChI=1S/C14H24N2O3S/c1-2-13-16(11(9-20-13)14(18)19)12(17)7-6-10-5-3-4-8-15-10/h10-11,13,15H,2-9H2,1H3,(H,18,19). The molecule has 0 spiro atoms. The van der Waals surface area contributed by atoms with Crippen molar-refractivity contribution in [1.82, 2.24) is 10.2 Å². The van der Waals surface area contributed by atoms with E-state index >= 15 is 0 Å². The van der Waals surface area contributed by atoms with Gasteiger partial charge in [-0.25, -0.2) is 4.79 Å². The van der Waals surface area contributed by atoms with Crippen molar-refractivity contribution in [1.29, 1.82) is 0 Å². The van der Waals surface area contributed by atoms with Crippen LogP contribution in [0.25, 0.3) is 0 Å². The number of carbonyl (C=O) groups is 2. The molecule has 2 saturated heterocycles. The molecule has 2 aliphatic rings. The lowest BCUT2D eigenvalue weighted by molar-refractivity contribution is -0.149. The maximum Gasteiger partial charge on any atom is 0.327 e. The first-order valence-electron chi connectivity index (χ1n) is 7.52. The van der Waals surface area contributed by atoms with E-state index in [4.69, 9.17) is 0 Å². The Bertz CT molecular complexity index is 358. The van der Waals surface area contributed by atoms with Gasteiger partial charge >= 0.3 is 5.97 Å². The average Bonchev–Trinajstić information content (AvgIpc) is 2.90. The Balaban J connectivity index is 1.89. The second-order valence-electron chi connectivity index (χ2n) is 5.54. The predicted molar refractivity (Wildman–Crippen MR) is 79.7 cm³/mol. The predicted octanol–water partition coefficient (Wildman–Crippen LogP) is 1.67. The number of nitrogens with one attached hydrogen (secondary N) is 1. The zero-order valence-corrected chi connectivity index (χ0v) is 12.8. The molecule has 1 amide bonds. The molecule has 20 heavy (non-hydrogen) atoms. The average molecular weight is 300 g/mol. The number of carboxylic acid groups (broad SMARTS) is 1. The highest BCUT2D eigenvalue weighted by Gasteiger charge is 2.40. The van der Waals surface area contributed by atoms with Gasteiger partial charge in [0.05, 0.1) is 5.37 Å². The molecule has 114 valence electrons. The highest BCUT2D eigenvalue weighted by Crippen LogP contribution is 2.32. The van der Waals surface area contributed by atoms with Crippen molar-refractivity contribution in [3.63, 3.8) is 0 Å². The van der Waals surface area contributed by atoms with E-state index < -0.39 is 12.0 Å². The van der Waals surface area contributed by atoms with Crippen LogP contribution < -0.4 is 5.32 Å². The molecule has 2 N–H and O–H groups in total. The minimum absolute atomic E-state index is 0.00150. The van der Waals surface area contributed by atoms with Gasteiger partial charge in [0.25, 0.3) is 0 Å².